The first kappa shape index (κ1) is 11.0. The summed E-state index contributed by atoms with van der Waals surface area (Å²) in [5, 5.41) is 16.3. The van der Waals surface area contributed by atoms with Crippen molar-refractivity contribution < 1.29 is 36.1 Å². The van der Waals surface area contributed by atoms with Crippen LogP contribution in [-0.2, 0) is 25.9 Å². The summed E-state index contributed by atoms with van der Waals surface area (Å²) in [7, 11) is 0. The normalized spacial score (nSPS) is 11.8. The van der Waals surface area contributed by atoms with Gasteiger partial charge in [-0.15, -0.1) is 0 Å². The summed E-state index contributed by atoms with van der Waals surface area (Å²) in [6.45, 7) is 1.44. The predicted octanol–water partition coefficient (Wildman–Crippen LogP) is -0.161. The molecule has 0 rings (SSSR count). The molecule has 0 aromatic rings. The third-order valence-electron chi connectivity index (χ3n) is 0.470. The van der Waals surface area contributed by atoms with Crippen molar-refractivity contribution in [1.29, 1.82) is 0 Å². The summed E-state index contributed by atoms with van der Waals surface area (Å²) >= 11 is 0. The molecule has 0 bridgehead atoms. The fourth-order valence-corrected chi connectivity index (χ4v) is 0.253. The fraction of sp³-hybridized carbons (Fsp3) is 0.750. The number of carboxylic acids is 1. The van der Waals surface area contributed by atoms with Crippen molar-refractivity contribution >= 4 is 5.97 Å². The van der Waals surface area contributed by atoms with Crippen LogP contribution >= 0.6 is 0 Å². The second kappa shape index (κ2) is 5.26. The number of aliphatic hydroxyl groups is 1. The predicted molar refractivity (Wildman–Crippen MR) is 23.9 cm³/mol. The molecule has 0 aromatic carbocycles. The van der Waals surface area contributed by atoms with Gasteiger partial charge in [0.2, 0.25) is 0 Å². The summed E-state index contributed by atoms with van der Waals surface area (Å²) in [6.07, 6.45) is -0.891. The summed E-state index contributed by atoms with van der Waals surface area (Å²) in [6, 6.07) is 0. The van der Waals surface area contributed by atoms with E-state index >= 15 is 0 Å². The SMILES string of the molecule is CC(O)CC(=O)O.[Mo]. The van der Waals surface area contributed by atoms with Crippen LogP contribution in [-0.4, -0.2) is 22.3 Å². The Hall–Kier alpha value is 0.118. The number of rotatable bonds is 2. The van der Waals surface area contributed by atoms with E-state index < -0.39 is 12.1 Å². The standard InChI is InChI=1S/C4H8O3.Mo/c1-3(5)2-4(6)7;/h3,5H,2H2,1H3,(H,6,7);. The van der Waals surface area contributed by atoms with E-state index in [2.05, 4.69) is 0 Å². The zero-order chi connectivity index (χ0) is 5.86. The van der Waals surface area contributed by atoms with Crippen LogP contribution in [0.1, 0.15) is 13.3 Å². The minimum absolute atomic E-state index is 0. The van der Waals surface area contributed by atoms with Crippen LogP contribution in [0.25, 0.3) is 0 Å². The van der Waals surface area contributed by atoms with Crippen molar-refractivity contribution in [3.8, 4) is 0 Å². The van der Waals surface area contributed by atoms with E-state index in [1.807, 2.05) is 0 Å². The quantitative estimate of drug-likeness (QED) is 0.609. The summed E-state index contributed by atoms with van der Waals surface area (Å²) < 4.78 is 0. The molecule has 0 radical (unpaired) electrons. The molecule has 0 heterocycles. The van der Waals surface area contributed by atoms with Crippen molar-refractivity contribution in [2.45, 2.75) is 19.4 Å². The summed E-state index contributed by atoms with van der Waals surface area (Å²) in [5.74, 6) is -0.963. The molecule has 0 amide bonds. The number of aliphatic hydroxyl groups excluding tert-OH is 1. The van der Waals surface area contributed by atoms with Crippen molar-refractivity contribution in [2.24, 2.45) is 0 Å². The Morgan fingerprint density at radius 1 is 1.75 bits per heavy atom. The Balaban J connectivity index is 0. The topological polar surface area (TPSA) is 57.5 Å². The Labute approximate surface area is 62.0 Å². The first-order valence-corrected chi connectivity index (χ1v) is 2.03. The molecule has 0 saturated heterocycles. The molecule has 4 heteroatoms. The van der Waals surface area contributed by atoms with Gasteiger partial charge in [0.1, 0.15) is 0 Å². The van der Waals surface area contributed by atoms with E-state index in [0.29, 0.717) is 0 Å². The van der Waals surface area contributed by atoms with Crippen molar-refractivity contribution in [2.75, 3.05) is 0 Å². The van der Waals surface area contributed by atoms with Gasteiger partial charge in [-0.3, -0.25) is 4.79 Å². The van der Waals surface area contributed by atoms with E-state index in [9.17, 15) is 4.79 Å². The van der Waals surface area contributed by atoms with Crippen molar-refractivity contribution in [1.82, 2.24) is 0 Å². The molecule has 0 spiro atoms. The molecule has 1 atom stereocenters. The van der Waals surface area contributed by atoms with E-state index in [1.165, 1.54) is 6.92 Å². The average Bonchev–Trinajstić information content (AvgIpc) is 1.27. The molecule has 0 aliphatic rings. The van der Waals surface area contributed by atoms with E-state index in [4.69, 9.17) is 10.2 Å². The molecular weight excluding hydrogens is 192 g/mol. The van der Waals surface area contributed by atoms with Gasteiger partial charge in [0.15, 0.2) is 0 Å². The van der Waals surface area contributed by atoms with Gasteiger partial charge in [0.05, 0.1) is 12.5 Å². The minimum atomic E-state index is -0.963. The van der Waals surface area contributed by atoms with Crippen LogP contribution in [0.3, 0.4) is 0 Å². The van der Waals surface area contributed by atoms with E-state index in [0.717, 1.165) is 0 Å². The minimum Gasteiger partial charge on any atom is -0.481 e. The second-order valence-corrected chi connectivity index (χ2v) is 1.45. The summed E-state index contributed by atoms with van der Waals surface area (Å²) in [4.78, 5) is 9.65. The Kier molecular flexibility index (Phi) is 7.22. The number of hydrogen-bond donors (Lipinski definition) is 2. The second-order valence-electron chi connectivity index (χ2n) is 1.45. The molecular formula is C4H8MoO3. The molecule has 0 aliphatic heterocycles. The Morgan fingerprint density at radius 3 is 2.12 bits per heavy atom. The molecule has 0 aromatic heterocycles. The monoisotopic (exact) mass is 202 g/mol. The largest absolute Gasteiger partial charge is 0.481 e. The van der Waals surface area contributed by atoms with E-state index in [1.54, 1.807) is 0 Å². The molecule has 8 heavy (non-hydrogen) atoms. The number of hydrogen-bond acceptors (Lipinski definition) is 2. The van der Waals surface area contributed by atoms with Gasteiger partial charge in [0, 0.05) is 21.1 Å². The Bertz CT molecular complexity index is 71.7. The molecule has 48 valence electrons. The molecule has 3 nitrogen and oxygen atoms in total. The van der Waals surface area contributed by atoms with Crippen molar-refractivity contribution in [3.05, 3.63) is 0 Å². The van der Waals surface area contributed by atoms with Crippen LogP contribution in [0.5, 0.6) is 0 Å². The van der Waals surface area contributed by atoms with Crippen LogP contribution in [0, 0.1) is 0 Å². The number of carboxylic acid groups (broad SMARTS) is 1. The number of carbonyl (C=O) groups is 1. The molecule has 0 aliphatic carbocycles. The van der Waals surface area contributed by atoms with Gasteiger partial charge in [-0.25, -0.2) is 0 Å². The maximum absolute atomic E-state index is 9.65. The van der Waals surface area contributed by atoms with Gasteiger partial charge >= 0.3 is 5.97 Å². The van der Waals surface area contributed by atoms with Gasteiger partial charge in [0.25, 0.3) is 0 Å². The molecule has 0 fully saturated rings. The molecule has 0 saturated carbocycles. The third kappa shape index (κ3) is 9.45. The Morgan fingerprint density at radius 2 is 2.12 bits per heavy atom. The van der Waals surface area contributed by atoms with Gasteiger partial charge in [-0.2, -0.15) is 0 Å². The van der Waals surface area contributed by atoms with Crippen LogP contribution < -0.4 is 0 Å². The van der Waals surface area contributed by atoms with Crippen molar-refractivity contribution in [3.63, 3.8) is 0 Å². The average molecular weight is 200 g/mol. The van der Waals surface area contributed by atoms with Crippen LogP contribution in [0.15, 0.2) is 0 Å². The zero-order valence-electron chi connectivity index (χ0n) is 4.50. The van der Waals surface area contributed by atoms with E-state index in [-0.39, 0.29) is 27.5 Å². The van der Waals surface area contributed by atoms with Gasteiger partial charge in [-0.05, 0) is 6.92 Å². The molecule has 2 N–H and O–H groups in total. The summed E-state index contributed by atoms with van der Waals surface area (Å²) in [5.41, 5.74) is 0. The van der Waals surface area contributed by atoms with Gasteiger partial charge < -0.3 is 10.2 Å². The fourth-order valence-electron chi connectivity index (χ4n) is 0.253. The molecule has 1 unspecified atom stereocenters. The first-order valence-electron chi connectivity index (χ1n) is 2.03. The smallest absolute Gasteiger partial charge is 0.305 e. The zero-order valence-corrected chi connectivity index (χ0v) is 6.50. The first-order chi connectivity index (χ1) is 3.13. The van der Waals surface area contributed by atoms with Crippen LogP contribution in [0.2, 0.25) is 0 Å². The number of aliphatic carboxylic acids is 1. The third-order valence-corrected chi connectivity index (χ3v) is 0.470. The van der Waals surface area contributed by atoms with Gasteiger partial charge in [-0.1, -0.05) is 0 Å². The van der Waals surface area contributed by atoms with Crippen LogP contribution in [0.4, 0.5) is 0 Å². The maximum Gasteiger partial charge on any atom is 0.305 e. The maximum atomic E-state index is 9.65.